The number of para-hydroxylation sites is 1. The van der Waals surface area contributed by atoms with Gasteiger partial charge in [-0.15, -0.1) is 0 Å². The second-order valence-corrected chi connectivity index (χ2v) is 3.35. The van der Waals surface area contributed by atoms with Crippen molar-refractivity contribution in [1.29, 1.82) is 0 Å². The molecule has 1 atom stereocenters. The molecular formula is C11H11FO5. The number of hydrogen-bond donors (Lipinski definition) is 2. The van der Waals surface area contributed by atoms with Gasteiger partial charge in [0.25, 0.3) is 0 Å². The molecule has 0 aliphatic rings. The first-order valence-corrected chi connectivity index (χ1v) is 4.74. The molecule has 0 amide bonds. The Morgan fingerprint density at radius 2 is 2.06 bits per heavy atom. The number of carbonyl (C=O) groups is 2. The maximum absolute atomic E-state index is 13.3. The highest BCUT2D eigenvalue weighted by atomic mass is 19.1. The van der Waals surface area contributed by atoms with E-state index in [1.807, 2.05) is 0 Å². The zero-order valence-corrected chi connectivity index (χ0v) is 9.01. The SMILES string of the molecule is COc1c(F)cccc1C(CC(=O)O)C(=O)O. The quantitative estimate of drug-likeness (QED) is 0.816. The Bertz CT molecular complexity index is 443. The summed E-state index contributed by atoms with van der Waals surface area (Å²) in [5.74, 6) is -4.90. The normalized spacial score (nSPS) is 11.9. The van der Waals surface area contributed by atoms with E-state index in [1.54, 1.807) is 0 Å². The van der Waals surface area contributed by atoms with Crippen LogP contribution in [0.25, 0.3) is 0 Å². The van der Waals surface area contributed by atoms with E-state index in [9.17, 15) is 14.0 Å². The van der Waals surface area contributed by atoms with E-state index in [-0.39, 0.29) is 11.3 Å². The molecule has 92 valence electrons. The largest absolute Gasteiger partial charge is 0.493 e. The van der Waals surface area contributed by atoms with Crippen molar-refractivity contribution in [3.63, 3.8) is 0 Å². The van der Waals surface area contributed by atoms with Crippen molar-refractivity contribution in [2.45, 2.75) is 12.3 Å². The van der Waals surface area contributed by atoms with Gasteiger partial charge in [-0.3, -0.25) is 9.59 Å². The summed E-state index contributed by atoms with van der Waals surface area (Å²) >= 11 is 0. The van der Waals surface area contributed by atoms with Gasteiger partial charge in [0.15, 0.2) is 11.6 Å². The van der Waals surface area contributed by atoms with Gasteiger partial charge in [0, 0.05) is 5.56 Å². The van der Waals surface area contributed by atoms with Crippen LogP contribution in [0.2, 0.25) is 0 Å². The first kappa shape index (κ1) is 13.0. The van der Waals surface area contributed by atoms with Crippen molar-refractivity contribution in [3.8, 4) is 5.75 Å². The molecule has 1 unspecified atom stereocenters. The van der Waals surface area contributed by atoms with E-state index in [1.165, 1.54) is 19.2 Å². The van der Waals surface area contributed by atoms with Gasteiger partial charge < -0.3 is 14.9 Å². The van der Waals surface area contributed by atoms with Crippen LogP contribution in [0.1, 0.15) is 17.9 Å². The Morgan fingerprint density at radius 3 is 2.53 bits per heavy atom. The molecule has 5 nitrogen and oxygen atoms in total. The van der Waals surface area contributed by atoms with E-state index < -0.39 is 30.1 Å². The van der Waals surface area contributed by atoms with Crippen molar-refractivity contribution in [2.75, 3.05) is 7.11 Å². The number of rotatable bonds is 5. The number of halogens is 1. The first-order chi connectivity index (χ1) is 7.97. The second kappa shape index (κ2) is 5.29. The summed E-state index contributed by atoms with van der Waals surface area (Å²) in [6, 6.07) is 3.76. The van der Waals surface area contributed by atoms with E-state index in [4.69, 9.17) is 14.9 Å². The molecule has 0 spiro atoms. The van der Waals surface area contributed by atoms with Gasteiger partial charge >= 0.3 is 11.9 Å². The van der Waals surface area contributed by atoms with E-state index in [0.29, 0.717) is 0 Å². The van der Waals surface area contributed by atoms with Crippen molar-refractivity contribution in [2.24, 2.45) is 0 Å². The van der Waals surface area contributed by atoms with Crippen molar-refractivity contribution in [3.05, 3.63) is 29.6 Å². The zero-order chi connectivity index (χ0) is 13.0. The molecule has 2 N–H and O–H groups in total. The highest BCUT2D eigenvalue weighted by molar-refractivity contribution is 5.83. The molecule has 0 bridgehead atoms. The Morgan fingerprint density at radius 1 is 1.41 bits per heavy atom. The van der Waals surface area contributed by atoms with Crippen LogP contribution in [-0.4, -0.2) is 29.3 Å². The molecule has 0 aliphatic carbocycles. The fourth-order valence-corrected chi connectivity index (χ4v) is 1.52. The van der Waals surface area contributed by atoms with Gasteiger partial charge in [0.2, 0.25) is 0 Å². The lowest BCUT2D eigenvalue weighted by atomic mass is 9.95. The highest BCUT2D eigenvalue weighted by Crippen LogP contribution is 2.31. The third-order valence-electron chi connectivity index (χ3n) is 2.25. The maximum Gasteiger partial charge on any atom is 0.311 e. The van der Waals surface area contributed by atoms with Crippen LogP contribution in [0, 0.1) is 5.82 Å². The third kappa shape index (κ3) is 2.93. The van der Waals surface area contributed by atoms with Crippen LogP contribution in [0.4, 0.5) is 4.39 Å². The Hall–Kier alpha value is -2.11. The average molecular weight is 242 g/mol. The van der Waals surface area contributed by atoms with Crippen LogP contribution in [0.3, 0.4) is 0 Å². The zero-order valence-electron chi connectivity index (χ0n) is 9.01. The molecule has 17 heavy (non-hydrogen) atoms. The number of methoxy groups -OCH3 is 1. The van der Waals surface area contributed by atoms with Crippen molar-refractivity contribution >= 4 is 11.9 Å². The lowest BCUT2D eigenvalue weighted by Crippen LogP contribution is -2.17. The van der Waals surface area contributed by atoms with Gasteiger partial charge in [0.05, 0.1) is 19.4 Å². The lowest BCUT2D eigenvalue weighted by molar-refractivity contribution is -0.145. The third-order valence-corrected chi connectivity index (χ3v) is 2.25. The van der Waals surface area contributed by atoms with Crippen molar-refractivity contribution < 1.29 is 28.9 Å². The summed E-state index contributed by atoms with van der Waals surface area (Å²) in [7, 11) is 1.20. The van der Waals surface area contributed by atoms with Crippen LogP contribution < -0.4 is 4.74 Å². The monoisotopic (exact) mass is 242 g/mol. The minimum atomic E-state index is -1.34. The Balaban J connectivity index is 3.22. The minimum Gasteiger partial charge on any atom is -0.493 e. The first-order valence-electron chi connectivity index (χ1n) is 4.74. The molecule has 0 heterocycles. The molecule has 0 aromatic heterocycles. The number of aliphatic carboxylic acids is 2. The van der Waals surface area contributed by atoms with Crippen LogP contribution >= 0.6 is 0 Å². The number of ether oxygens (including phenoxy) is 1. The van der Waals surface area contributed by atoms with Gasteiger partial charge in [-0.05, 0) is 6.07 Å². The molecular weight excluding hydrogens is 231 g/mol. The van der Waals surface area contributed by atoms with Gasteiger partial charge in [-0.25, -0.2) is 4.39 Å². The number of hydrogen-bond acceptors (Lipinski definition) is 3. The minimum absolute atomic E-state index is 0.0161. The fourth-order valence-electron chi connectivity index (χ4n) is 1.52. The molecule has 0 saturated heterocycles. The van der Waals surface area contributed by atoms with Gasteiger partial charge in [0.1, 0.15) is 0 Å². The molecule has 1 rings (SSSR count). The van der Waals surface area contributed by atoms with E-state index in [2.05, 4.69) is 0 Å². The summed E-state index contributed by atoms with van der Waals surface area (Å²) < 4.78 is 18.1. The average Bonchev–Trinajstić information content (AvgIpc) is 2.25. The smallest absolute Gasteiger partial charge is 0.311 e. The second-order valence-electron chi connectivity index (χ2n) is 3.35. The Kier molecular flexibility index (Phi) is 4.03. The standard InChI is InChI=1S/C11H11FO5/c1-17-10-6(3-2-4-8(10)12)7(11(15)16)5-9(13)14/h2-4,7H,5H2,1H3,(H,13,14)(H,15,16). The topological polar surface area (TPSA) is 83.8 Å². The predicted octanol–water partition coefficient (Wildman–Crippen LogP) is 1.48. The number of carboxylic acid groups (broad SMARTS) is 2. The van der Waals surface area contributed by atoms with E-state index >= 15 is 0 Å². The number of benzene rings is 1. The maximum atomic E-state index is 13.3. The Labute approximate surface area is 96.4 Å². The number of carboxylic acids is 2. The molecule has 6 heteroatoms. The molecule has 1 aromatic carbocycles. The highest BCUT2D eigenvalue weighted by Gasteiger charge is 2.27. The van der Waals surface area contributed by atoms with E-state index in [0.717, 1.165) is 6.07 Å². The van der Waals surface area contributed by atoms with Gasteiger partial charge in [-0.1, -0.05) is 12.1 Å². The lowest BCUT2D eigenvalue weighted by Gasteiger charge is -2.14. The summed E-state index contributed by atoms with van der Waals surface area (Å²) in [5.41, 5.74) is 0.0161. The molecule has 0 fully saturated rings. The van der Waals surface area contributed by atoms with Crippen LogP contribution in [-0.2, 0) is 9.59 Å². The summed E-state index contributed by atoms with van der Waals surface area (Å²) in [5, 5.41) is 17.6. The predicted molar refractivity (Wildman–Crippen MR) is 55.6 cm³/mol. The van der Waals surface area contributed by atoms with Crippen LogP contribution in [0.5, 0.6) is 5.75 Å². The molecule has 0 radical (unpaired) electrons. The van der Waals surface area contributed by atoms with Crippen LogP contribution in [0.15, 0.2) is 18.2 Å². The van der Waals surface area contributed by atoms with Crippen molar-refractivity contribution in [1.82, 2.24) is 0 Å². The summed E-state index contributed by atoms with van der Waals surface area (Å²) in [6.07, 6.45) is -0.630. The summed E-state index contributed by atoms with van der Waals surface area (Å²) in [6.45, 7) is 0. The van der Waals surface area contributed by atoms with Gasteiger partial charge in [-0.2, -0.15) is 0 Å². The molecule has 0 saturated carbocycles. The molecule has 1 aromatic rings. The summed E-state index contributed by atoms with van der Waals surface area (Å²) in [4.78, 5) is 21.5. The fraction of sp³-hybridized carbons (Fsp3) is 0.273. The molecule has 0 aliphatic heterocycles.